The first-order valence-electron chi connectivity index (χ1n) is 10.2. The number of aromatic nitrogens is 1. The zero-order valence-corrected chi connectivity index (χ0v) is 18.5. The van der Waals surface area contributed by atoms with Crippen LogP contribution in [0.2, 0.25) is 0 Å². The van der Waals surface area contributed by atoms with Crippen LogP contribution in [0.5, 0.6) is 5.75 Å². The molecule has 2 aromatic rings. The number of amides is 1. The van der Waals surface area contributed by atoms with Gasteiger partial charge in [-0.3, -0.25) is 9.10 Å². The van der Waals surface area contributed by atoms with E-state index in [9.17, 15) is 13.2 Å². The van der Waals surface area contributed by atoms with Gasteiger partial charge >= 0.3 is 0 Å². The second kappa shape index (κ2) is 9.51. The van der Waals surface area contributed by atoms with Crippen molar-refractivity contribution >= 4 is 21.6 Å². The Morgan fingerprint density at radius 3 is 2.33 bits per heavy atom. The molecule has 8 nitrogen and oxygen atoms in total. The Bertz CT molecular complexity index is 942. The largest absolute Gasteiger partial charge is 0.497 e. The summed E-state index contributed by atoms with van der Waals surface area (Å²) in [6.45, 7) is 2.79. The van der Waals surface area contributed by atoms with Gasteiger partial charge in [0, 0.05) is 6.04 Å². The van der Waals surface area contributed by atoms with Gasteiger partial charge in [0.15, 0.2) is 10.7 Å². The van der Waals surface area contributed by atoms with Crippen LogP contribution >= 0.6 is 0 Å². The number of sulfonamides is 1. The van der Waals surface area contributed by atoms with E-state index in [1.54, 1.807) is 38.1 Å². The van der Waals surface area contributed by atoms with Gasteiger partial charge in [-0.1, -0.05) is 30.8 Å². The number of hydrogen-bond donors (Lipinski definition) is 1. The van der Waals surface area contributed by atoms with Gasteiger partial charge in [-0.2, -0.15) is 0 Å². The van der Waals surface area contributed by atoms with Gasteiger partial charge in [0.2, 0.25) is 5.91 Å². The molecule has 0 atom stereocenters. The number of nitrogens with one attached hydrogen (secondary N) is 1. The summed E-state index contributed by atoms with van der Waals surface area (Å²) in [7, 11) is -2.52. The van der Waals surface area contributed by atoms with Crippen molar-refractivity contribution in [1.29, 1.82) is 0 Å². The minimum absolute atomic E-state index is 0.0133. The van der Waals surface area contributed by atoms with Crippen LogP contribution in [0.4, 0.5) is 5.69 Å². The molecule has 1 amide bonds. The molecule has 0 spiro atoms. The maximum atomic E-state index is 13.5. The molecule has 0 saturated heterocycles. The van der Waals surface area contributed by atoms with Crippen LogP contribution in [0.15, 0.2) is 33.7 Å². The van der Waals surface area contributed by atoms with E-state index in [4.69, 9.17) is 9.26 Å². The third-order valence-corrected chi connectivity index (χ3v) is 7.40. The van der Waals surface area contributed by atoms with E-state index >= 15 is 0 Å². The Hall–Kier alpha value is -2.55. The molecule has 0 radical (unpaired) electrons. The number of rotatable bonds is 7. The first-order chi connectivity index (χ1) is 14.3. The maximum Gasteiger partial charge on any atom is 0.270 e. The van der Waals surface area contributed by atoms with E-state index in [-0.39, 0.29) is 34.8 Å². The smallest absolute Gasteiger partial charge is 0.270 e. The minimum atomic E-state index is -4.06. The predicted molar refractivity (Wildman–Crippen MR) is 113 cm³/mol. The highest BCUT2D eigenvalue weighted by Gasteiger charge is 2.33. The first kappa shape index (κ1) is 22.1. The van der Waals surface area contributed by atoms with Crippen LogP contribution in [0.1, 0.15) is 50.0 Å². The highest BCUT2D eigenvalue weighted by atomic mass is 32.2. The zero-order valence-electron chi connectivity index (χ0n) is 17.7. The number of anilines is 1. The Kier molecular flexibility index (Phi) is 7.02. The summed E-state index contributed by atoms with van der Waals surface area (Å²) in [5.74, 6) is 0.458. The van der Waals surface area contributed by atoms with E-state index < -0.39 is 10.0 Å². The lowest BCUT2D eigenvalue weighted by atomic mass is 10.1. The third-order valence-electron chi connectivity index (χ3n) is 5.38. The highest BCUT2D eigenvalue weighted by molar-refractivity contribution is 7.93. The quantitative estimate of drug-likeness (QED) is 0.670. The third kappa shape index (κ3) is 4.95. The summed E-state index contributed by atoms with van der Waals surface area (Å²) in [4.78, 5) is 12.8. The second-order valence-electron chi connectivity index (χ2n) is 7.62. The van der Waals surface area contributed by atoms with Crippen molar-refractivity contribution < 1.29 is 22.5 Å². The van der Waals surface area contributed by atoms with Gasteiger partial charge in [0.25, 0.3) is 10.0 Å². The van der Waals surface area contributed by atoms with Crippen molar-refractivity contribution in [3.63, 3.8) is 0 Å². The first-order valence-corrected chi connectivity index (χ1v) is 11.7. The molecule has 164 valence electrons. The molecule has 1 aliphatic rings. The molecular weight excluding hydrogens is 406 g/mol. The SMILES string of the molecule is COc1ccc(N(CC(=O)NC2CCCCCC2)S(=O)(=O)c2c(C)noc2C)cc1. The second-order valence-corrected chi connectivity index (χ2v) is 9.42. The molecule has 1 N–H and O–H groups in total. The van der Waals surface area contributed by atoms with Crippen molar-refractivity contribution in [2.45, 2.75) is 63.3 Å². The molecule has 1 aromatic carbocycles. The van der Waals surface area contributed by atoms with Crippen LogP contribution in [0.3, 0.4) is 0 Å². The van der Waals surface area contributed by atoms with Gasteiger partial charge < -0.3 is 14.6 Å². The van der Waals surface area contributed by atoms with Gasteiger partial charge in [0.1, 0.15) is 18.0 Å². The molecule has 0 bridgehead atoms. The van der Waals surface area contributed by atoms with Gasteiger partial charge in [0.05, 0.1) is 12.8 Å². The molecule has 0 aliphatic heterocycles. The molecule has 1 heterocycles. The standard InChI is InChI=1S/C21H29N3O5S/c1-15-21(16(2)29-23-15)30(26,27)24(18-10-12-19(28-3)13-11-18)14-20(25)22-17-8-6-4-5-7-9-17/h10-13,17H,4-9,14H2,1-3H3,(H,22,25). The number of benzene rings is 1. The van der Waals surface area contributed by atoms with Crippen molar-refractivity contribution in [2.24, 2.45) is 0 Å². The Labute approximate surface area is 177 Å². The van der Waals surface area contributed by atoms with E-state index in [1.165, 1.54) is 20.0 Å². The van der Waals surface area contributed by atoms with E-state index in [0.717, 1.165) is 30.0 Å². The molecule has 9 heteroatoms. The van der Waals surface area contributed by atoms with E-state index in [2.05, 4.69) is 10.5 Å². The number of ether oxygens (including phenoxy) is 1. The van der Waals surface area contributed by atoms with Crippen molar-refractivity contribution in [2.75, 3.05) is 18.0 Å². The lowest BCUT2D eigenvalue weighted by Gasteiger charge is -2.25. The average Bonchev–Trinajstić information content (AvgIpc) is 2.91. The number of nitrogens with zero attached hydrogens (tertiary/aromatic N) is 2. The summed E-state index contributed by atoms with van der Waals surface area (Å²) < 4.78 is 38.3. The Balaban J connectivity index is 1.90. The highest BCUT2D eigenvalue weighted by Crippen LogP contribution is 2.29. The van der Waals surface area contributed by atoms with Gasteiger partial charge in [-0.15, -0.1) is 0 Å². The zero-order chi connectivity index (χ0) is 21.7. The topological polar surface area (TPSA) is 102 Å². The summed E-state index contributed by atoms with van der Waals surface area (Å²) in [6, 6.07) is 6.64. The molecule has 1 aromatic heterocycles. The fraction of sp³-hybridized carbons (Fsp3) is 0.524. The lowest BCUT2D eigenvalue weighted by molar-refractivity contribution is -0.120. The summed E-state index contributed by atoms with van der Waals surface area (Å²) in [5, 5.41) is 6.79. The molecule has 0 unspecified atom stereocenters. The van der Waals surface area contributed by atoms with Crippen molar-refractivity contribution in [1.82, 2.24) is 10.5 Å². The van der Waals surface area contributed by atoms with Crippen LogP contribution in [0.25, 0.3) is 0 Å². The molecule has 1 fully saturated rings. The van der Waals surface area contributed by atoms with Gasteiger partial charge in [-0.25, -0.2) is 8.42 Å². The summed E-state index contributed by atoms with van der Waals surface area (Å²) in [6.07, 6.45) is 6.33. The predicted octanol–water partition coefficient (Wildman–Crippen LogP) is 3.33. The molecule has 30 heavy (non-hydrogen) atoms. The van der Waals surface area contributed by atoms with Crippen LogP contribution in [-0.4, -0.2) is 39.2 Å². The lowest BCUT2D eigenvalue weighted by Crippen LogP contribution is -2.44. The van der Waals surface area contributed by atoms with E-state index in [1.807, 2.05) is 0 Å². The summed E-state index contributed by atoms with van der Waals surface area (Å²) >= 11 is 0. The number of hydrogen-bond acceptors (Lipinski definition) is 6. The Morgan fingerprint density at radius 1 is 1.17 bits per heavy atom. The number of carbonyl (C=O) groups is 1. The molecule has 3 rings (SSSR count). The number of carbonyl (C=O) groups excluding carboxylic acids is 1. The normalized spacial score (nSPS) is 15.4. The summed E-state index contributed by atoms with van der Waals surface area (Å²) in [5.41, 5.74) is 0.627. The Morgan fingerprint density at radius 2 is 1.80 bits per heavy atom. The number of methoxy groups -OCH3 is 1. The fourth-order valence-corrected chi connectivity index (χ4v) is 5.56. The van der Waals surface area contributed by atoms with Crippen molar-refractivity contribution in [3.8, 4) is 5.75 Å². The van der Waals surface area contributed by atoms with Crippen LogP contribution in [0, 0.1) is 13.8 Å². The molecule has 1 saturated carbocycles. The van der Waals surface area contributed by atoms with Gasteiger partial charge in [-0.05, 0) is 51.0 Å². The van der Waals surface area contributed by atoms with E-state index in [0.29, 0.717) is 11.4 Å². The fourth-order valence-electron chi connectivity index (χ4n) is 3.84. The number of aryl methyl sites for hydroxylation is 2. The average molecular weight is 436 g/mol. The van der Waals surface area contributed by atoms with Crippen LogP contribution in [-0.2, 0) is 14.8 Å². The van der Waals surface area contributed by atoms with Crippen LogP contribution < -0.4 is 14.4 Å². The molecular formula is C21H29N3O5S. The molecule has 1 aliphatic carbocycles. The minimum Gasteiger partial charge on any atom is -0.497 e. The maximum absolute atomic E-state index is 13.5. The van der Waals surface area contributed by atoms with Crippen molar-refractivity contribution in [3.05, 3.63) is 35.7 Å². The monoisotopic (exact) mass is 435 g/mol.